The molecule has 0 saturated carbocycles. The molecule has 3 heteroatoms. The van der Waals surface area contributed by atoms with Crippen LogP contribution in [0.3, 0.4) is 0 Å². The molecule has 0 bridgehead atoms. The Labute approximate surface area is 99.9 Å². The van der Waals surface area contributed by atoms with Crippen molar-refractivity contribution in [3.05, 3.63) is 0 Å². The minimum Gasteiger partial charge on any atom is -0.376 e. The summed E-state index contributed by atoms with van der Waals surface area (Å²) >= 11 is 0. The Hall–Kier alpha value is -0.570. The van der Waals surface area contributed by atoms with Crippen LogP contribution in [0.4, 0.5) is 0 Å². The molecule has 0 saturated heterocycles. The van der Waals surface area contributed by atoms with Crippen molar-refractivity contribution < 1.29 is 9.53 Å². The van der Waals surface area contributed by atoms with E-state index in [9.17, 15) is 4.79 Å². The maximum absolute atomic E-state index is 11.5. The van der Waals surface area contributed by atoms with E-state index in [0.29, 0.717) is 6.61 Å². The lowest BCUT2D eigenvalue weighted by Gasteiger charge is -2.28. The van der Waals surface area contributed by atoms with E-state index in [4.69, 9.17) is 4.74 Å². The van der Waals surface area contributed by atoms with Crippen molar-refractivity contribution in [2.24, 2.45) is 5.41 Å². The SMILES string of the molecule is CCCC(C)(C)OCCC(C)(C)C(=O)NC. The Morgan fingerprint density at radius 3 is 2.19 bits per heavy atom. The number of ether oxygens (including phenoxy) is 1. The second-order valence-corrected chi connectivity index (χ2v) is 5.57. The molecule has 0 atom stereocenters. The molecular formula is C13H27NO2. The molecule has 0 spiro atoms. The molecule has 0 aliphatic carbocycles. The van der Waals surface area contributed by atoms with Gasteiger partial charge < -0.3 is 10.1 Å². The molecule has 96 valence electrons. The van der Waals surface area contributed by atoms with Gasteiger partial charge in [-0.15, -0.1) is 0 Å². The number of hydrogen-bond donors (Lipinski definition) is 1. The van der Waals surface area contributed by atoms with Gasteiger partial charge in [-0.3, -0.25) is 4.79 Å². The number of amides is 1. The van der Waals surface area contributed by atoms with Crippen LogP contribution >= 0.6 is 0 Å². The van der Waals surface area contributed by atoms with Gasteiger partial charge in [-0.2, -0.15) is 0 Å². The van der Waals surface area contributed by atoms with E-state index >= 15 is 0 Å². The van der Waals surface area contributed by atoms with Crippen LogP contribution in [0.2, 0.25) is 0 Å². The Bertz CT molecular complexity index is 222. The predicted molar refractivity (Wildman–Crippen MR) is 67.4 cm³/mol. The van der Waals surface area contributed by atoms with Gasteiger partial charge in [-0.05, 0) is 26.7 Å². The molecule has 0 rings (SSSR count). The van der Waals surface area contributed by atoms with Crippen LogP contribution in [-0.4, -0.2) is 25.2 Å². The number of hydrogen-bond acceptors (Lipinski definition) is 2. The molecule has 1 N–H and O–H groups in total. The molecule has 0 fully saturated rings. The van der Waals surface area contributed by atoms with Crippen LogP contribution in [0, 0.1) is 5.41 Å². The molecule has 1 amide bonds. The van der Waals surface area contributed by atoms with E-state index < -0.39 is 0 Å². The molecule has 3 nitrogen and oxygen atoms in total. The van der Waals surface area contributed by atoms with E-state index in [1.807, 2.05) is 13.8 Å². The van der Waals surface area contributed by atoms with E-state index in [1.165, 1.54) is 0 Å². The van der Waals surface area contributed by atoms with Gasteiger partial charge in [0, 0.05) is 19.1 Å². The van der Waals surface area contributed by atoms with Crippen LogP contribution in [-0.2, 0) is 9.53 Å². The molecule has 0 aliphatic heterocycles. The first-order valence-electron chi connectivity index (χ1n) is 6.11. The molecular weight excluding hydrogens is 202 g/mol. The predicted octanol–water partition coefficient (Wildman–Crippen LogP) is 2.74. The Kier molecular flexibility index (Phi) is 6.01. The fraction of sp³-hybridized carbons (Fsp3) is 0.923. The van der Waals surface area contributed by atoms with Crippen LogP contribution in [0.1, 0.15) is 53.9 Å². The normalized spacial score (nSPS) is 12.6. The minimum atomic E-state index is -0.350. The molecule has 16 heavy (non-hydrogen) atoms. The standard InChI is InChI=1S/C13H27NO2/c1-7-8-13(4,5)16-10-9-12(2,3)11(15)14-6/h7-10H2,1-6H3,(H,14,15). The van der Waals surface area contributed by atoms with E-state index in [0.717, 1.165) is 19.3 Å². The monoisotopic (exact) mass is 229 g/mol. The summed E-state index contributed by atoms with van der Waals surface area (Å²) in [5.74, 6) is 0.0735. The molecule has 0 aromatic heterocycles. The van der Waals surface area contributed by atoms with Crippen molar-refractivity contribution in [1.82, 2.24) is 5.32 Å². The Balaban J connectivity index is 4.02. The lowest BCUT2D eigenvalue weighted by Crippen LogP contribution is -2.36. The lowest BCUT2D eigenvalue weighted by atomic mass is 9.88. The van der Waals surface area contributed by atoms with Gasteiger partial charge in [-0.1, -0.05) is 27.2 Å². The third kappa shape index (κ3) is 5.50. The summed E-state index contributed by atoms with van der Waals surface area (Å²) in [6.07, 6.45) is 2.92. The molecule has 0 heterocycles. The summed E-state index contributed by atoms with van der Waals surface area (Å²) in [6, 6.07) is 0. The fourth-order valence-corrected chi connectivity index (χ4v) is 1.71. The van der Waals surface area contributed by atoms with Gasteiger partial charge in [0.25, 0.3) is 0 Å². The van der Waals surface area contributed by atoms with Crippen molar-refractivity contribution >= 4 is 5.91 Å². The molecule has 0 radical (unpaired) electrons. The van der Waals surface area contributed by atoms with Crippen LogP contribution in [0.15, 0.2) is 0 Å². The summed E-state index contributed by atoms with van der Waals surface area (Å²) < 4.78 is 5.82. The van der Waals surface area contributed by atoms with Crippen molar-refractivity contribution in [3.63, 3.8) is 0 Å². The lowest BCUT2D eigenvalue weighted by molar-refractivity contribution is -0.130. The summed E-state index contributed by atoms with van der Waals surface area (Å²) in [5.41, 5.74) is -0.426. The maximum atomic E-state index is 11.5. The largest absolute Gasteiger partial charge is 0.376 e. The number of rotatable bonds is 7. The smallest absolute Gasteiger partial charge is 0.225 e. The first kappa shape index (κ1) is 15.4. The highest BCUT2D eigenvalue weighted by Gasteiger charge is 2.27. The van der Waals surface area contributed by atoms with Crippen molar-refractivity contribution in [2.75, 3.05) is 13.7 Å². The highest BCUT2D eigenvalue weighted by atomic mass is 16.5. The first-order chi connectivity index (χ1) is 7.25. The molecule has 0 unspecified atom stereocenters. The van der Waals surface area contributed by atoms with Crippen LogP contribution in [0.5, 0.6) is 0 Å². The zero-order valence-corrected chi connectivity index (χ0v) is 11.6. The van der Waals surface area contributed by atoms with Gasteiger partial charge >= 0.3 is 0 Å². The average Bonchev–Trinajstić information content (AvgIpc) is 2.15. The number of nitrogens with one attached hydrogen (secondary N) is 1. The second-order valence-electron chi connectivity index (χ2n) is 5.57. The zero-order chi connectivity index (χ0) is 12.8. The third-order valence-electron chi connectivity index (χ3n) is 2.91. The Morgan fingerprint density at radius 1 is 1.19 bits per heavy atom. The molecule has 0 aromatic carbocycles. The summed E-state index contributed by atoms with van der Waals surface area (Å²) in [7, 11) is 1.67. The van der Waals surface area contributed by atoms with Crippen molar-refractivity contribution in [3.8, 4) is 0 Å². The fourth-order valence-electron chi connectivity index (χ4n) is 1.71. The first-order valence-corrected chi connectivity index (χ1v) is 6.11. The van der Waals surface area contributed by atoms with Crippen molar-refractivity contribution in [1.29, 1.82) is 0 Å². The van der Waals surface area contributed by atoms with Crippen LogP contribution in [0.25, 0.3) is 0 Å². The number of carbonyl (C=O) groups is 1. The van der Waals surface area contributed by atoms with Crippen LogP contribution < -0.4 is 5.32 Å². The summed E-state index contributed by atoms with van der Waals surface area (Å²) in [4.78, 5) is 11.5. The topological polar surface area (TPSA) is 38.3 Å². The zero-order valence-electron chi connectivity index (χ0n) is 11.6. The average molecular weight is 229 g/mol. The molecule has 0 aliphatic rings. The Morgan fingerprint density at radius 2 is 1.75 bits per heavy atom. The minimum absolute atomic E-state index is 0.0735. The third-order valence-corrected chi connectivity index (χ3v) is 2.91. The molecule has 0 aromatic rings. The summed E-state index contributed by atoms with van der Waals surface area (Å²) in [5, 5.41) is 2.68. The summed E-state index contributed by atoms with van der Waals surface area (Å²) in [6.45, 7) is 10.9. The maximum Gasteiger partial charge on any atom is 0.225 e. The van der Waals surface area contributed by atoms with Gasteiger partial charge in [-0.25, -0.2) is 0 Å². The highest BCUT2D eigenvalue weighted by molar-refractivity contribution is 5.81. The van der Waals surface area contributed by atoms with E-state index in [2.05, 4.69) is 26.1 Å². The van der Waals surface area contributed by atoms with Crippen molar-refractivity contribution in [2.45, 2.75) is 59.5 Å². The second kappa shape index (κ2) is 6.24. The highest BCUT2D eigenvalue weighted by Crippen LogP contribution is 2.23. The van der Waals surface area contributed by atoms with E-state index in [-0.39, 0.29) is 16.9 Å². The van der Waals surface area contributed by atoms with Gasteiger partial charge in [0.15, 0.2) is 0 Å². The quantitative estimate of drug-likeness (QED) is 0.729. The number of carbonyl (C=O) groups excluding carboxylic acids is 1. The van der Waals surface area contributed by atoms with Gasteiger partial charge in [0.1, 0.15) is 0 Å². The van der Waals surface area contributed by atoms with E-state index in [1.54, 1.807) is 7.05 Å². The van der Waals surface area contributed by atoms with Gasteiger partial charge in [0.2, 0.25) is 5.91 Å². The van der Waals surface area contributed by atoms with Gasteiger partial charge in [0.05, 0.1) is 5.60 Å².